The molecule has 0 aromatic heterocycles. The maximum atomic E-state index is 13.5. The fourth-order valence-corrected chi connectivity index (χ4v) is 12.5. The van der Waals surface area contributed by atoms with E-state index in [-0.39, 0.29) is 60.2 Å². The first-order valence-corrected chi connectivity index (χ1v) is 20.4. The predicted molar refractivity (Wildman–Crippen MR) is 198 cm³/mol. The molecule has 1 aliphatic heterocycles. The van der Waals surface area contributed by atoms with Crippen molar-refractivity contribution in [3.05, 3.63) is 0 Å². The topological polar surface area (TPSA) is 156 Å². The van der Waals surface area contributed by atoms with Crippen LogP contribution in [-0.4, -0.2) is 104 Å². The van der Waals surface area contributed by atoms with Crippen molar-refractivity contribution in [2.75, 3.05) is 39.6 Å². The molecule has 5 rings (SSSR count). The molecular formula is C42H68O12. The molecule has 1 saturated heterocycles. The molecule has 1 spiro atoms. The molecule has 1 N–H and O–H groups in total. The lowest BCUT2D eigenvalue weighted by Crippen LogP contribution is -2.69. The van der Waals surface area contributed by atoms with Gasteiger partial charge in [-0.2, -0.15) is 0 Å². The maximum absolute atomic E-state index is 13.5. The highest BCUT2D eigenvalue weighted by atomic mass is 16.6. The lowest BCUT2D eigenvalue weighted by atomic mass is 9.34. The van der Waals surface area contributed by atoms with Crippen molar-refractivity contribution in [1.29, 1.82) is 0 Å². The number of fused-ring (bicyclic) bond motifs is 4. The molecular weight excluding hydrogens is 696 g/mol. The first-order chi connectivity index (χ1) is 25.1. The van der Waals surface area contributed by atoms with Gasteiger partial charge in [0.2, 0.25) is 0 Å². The van der Waals surface area contributed by atoms with E-state index in [9.17, 15) is 24.3 Å². The van der Waals surface area contributed by atoms with E-state index >= 15 is 0 Å². The molecule has 4 aliphatic carbocycles. The molecule has 11 atom stereocenters. The summed E-state index contributed by atoms with van der Waals surface area (Å²) in [6.45, 7) is 22.1. The van der Waals surface area contributed by atoms with Crippen LogP contribution in [0.15, 0.2) is 0 Å². The molecule has 12 heteroatoms. The molecule has 5 fully saturated rings. The largest absolute Gasteiger partial charge is 0.460 e. The number of ketones is 1. The van der Waals surface area contributed by atoms with E-state index in [4.69, 9.17) is 33.2 Å². The molecule has 1 heterocycles. The van der Waals surface area contributed by atoms with Gasteiger partial charge in [0.25, 0.3) is 0 Å². The van der Waals surface area contributed by atoms with Gasteiger partial charge in [-0.25, -0.2) is 14.4 Å². The van der Waals surface area contributed by atoms with Crippen LogP contribution in [0, 0.1) is 39.4 Å². The zero-order valence-corrected chi connectivity index (χ0v) is 34.8. The number of Topliss-reactive ketones (excluding diaryl/α,β-unsaturated/α-hetero) is 1. The van der Waals surface area contributed by atoms with Gasteiger partial charge in [-0.15, -0.1) is 0 Å². The molecule has 0 aromatic rings. The minimum absolute atomic E-state index is 0.00998. The Labute approximate surface area is 322 Å². The Morgan fingerprint density at radius 2 is 1.43 bits per heavy atom. The number of epoxide rings is 1. The molecule has 0 aromatic carbocycles. The van der Waals surface area contributed by atoms with Crippen molar-refractivity contribution in [3.8, 4) is 0 Å². The Morgan fingerprint density at radius 3 is 2.00 bits per heavy atom. The van der Waals surface area contributed by atoms with E-state index in [1.54, 1.807) is 13.8 Å². The quantitative estimate of drug-likeness (QED) is 0.109. The van der Waals surface area contributed by atoms with E-state index in [1.165, 1.54) is 13.8 Å². The minimum atomic E-state index is -1.57. The highest BCUT2D eigenvalue weighted by Crippen LogP contribution is 2.84. The summed E-state index contributed by atoms with van der Waals surface area (Å²) in [5.41, 5.74) is -4.20. The first kappa shape index (κ1) is 43.0. The fraction of sp³-hybridized carbons (Fsp3) is 0.905. The molecule has 0 bridgehead atoms. The number of ether oxygens (including phenoxy) is 7. The van der Waals surface area contributed by atoms with E-state index < -0.39 is 58.4 Å². The highest BCUT2D eigenvalue weighted by Gasteiger charge is 2.89. The molecule has 0 radical (unpaired) electrons. The average molecular weight is 765 g/mol. The third kappa shape index (κ3) is 6.96. The highest BCUT2D eigenvalue weighted by molar-refractivity contribution is 5.85. The standard InChI is InChI=1S/C42H68O12/c1-12-48-23-31(44)51-27(35(37(7,8)47)53-33(46)25-50-14-3)21-26(4)41-20-19-40(11)39(10)18-15-29-36(5,6)30(43)16-17-38(29,9)34(39)28(22-42(40,41)54-41)52-32(45)24-49-13-2/h26-29,34-35,47H,12-25H2,1-11H3/t26-,27+,28+,29+,34+,35-,38+,39+,40-,41-,42-/m1/s1. The summed E-state index contributed by atoms with van der Waals surface area (Å²) in [6.07, 6.45) is 2.69. The van der Waals surface area contributed by atoms with Crippen LogP contribution in [0.2, 0.25) is 0 Å². The molecule has 0 amide bonds. The Bertz CT molecular complexity index is 1420. The summed E-state index contributed by atoms with van der Waals surface area (Å²) in [4.78, 5) is 52.8. The smallest absolute Gasteiger partial charge is 0.332 e. The van der Waals surface area contributed by atoms with E-state index in [2.05, 4.69) is 41.5 Å². The monoisotopic (exact) mass is 764 g/mol. The number of aliphatic hydroxyl groups is 1. The van der Waals surface area contributed by atoms with Crippen molar-refractivity contribution in [2.24, 2.45) is 39.4 Å². The minimum Gasteiger partial charge on any atom is -0.460 e. The number of esters is 3. The lowest BCUT2D eigenvalue weighted by molar-refractivity contribution is -0.249. The number of hydrogen-bond acceptors (Lipinski definition) is 12. The zero-order valence-electron chi connectivity index (χ0n) is 34.8. The summed E-state index contributed by atoms with van der Waals surface area (Å²) in [5, 5.41) is 11.4. The van der Waals surface area contributed by atoms with E-state index in [0.717, 1.165) is 32.1 Å². The van der Waals surface area contributed by atoms with Crippen LogP contribution in [-0.2, 0) is 52.3 Å². The Morgan fingerprint density at radius 1 is 0.852 bits per heavy atom. The second kappa shape index (κ2) is 15.3. The second-order valence-electron chi connectivity index (χ2n) is 18.7. The predicted octanol–water partition coefficient (Wildman–Crippen LogP) is 5.77. The number of carbonyl (C=O) groups is 4. The van der Waals surface area contributed by atoms with Crippen molar-refractivity contribution in [3.63, 3.8) is 0 Å². The second-order valence-corrected chi connectivity index (χ2v) is 18.7. The maximum Gasteiger partial charge on any atom is 0.332 e. The van der Waals surface area contributed by atoms with Crippen LogP contribution >= 0.6 is 0 Å². The summed E-state index contributed by atoms with van der Waals surface area (Å²) in [7, 11) is 0. The first-order valence-electron chi connectivity index (χ1n) is 20.4. The summed E-state index contributed by atoms with van der Waals surface area (Å²) in [5.74, 6) is -1.48. The average Bonchev–Trinajstić information content (AvgIpc) is 3.68. The third-order valence-electron chi connectivity index (χ3n) is 15.1. The van der Waals surface area contributed by atoms with Gasteiger partial charge >= 0.3 is 17.9 Å². The van der Waals surface area contributed by atoms with Gasteiger partial charge in [0.15, 0.2) is 6.10 Å². The van der Waals surface area contributed by atoms with Gasteiger partial charge in [0, 0.05) is 49.4 Å². The van der Waals surface area contributed by atoms with Gasteiger partial charge in [0.1, 0.15) is 49.0 Å². The normalized spacial score (nSPS) is 38.1. The molecule has 54 heavy (non-hydrogen) atoms. The Balaban J connectivity index is 1.52. The molecule has 308 valence electrons. The SMILES string of the molecule is CCOCC(=O)O[C@@H](C[C@@H](C)[C@]12CC[C@@]3(C)[C@@]1(C[C@H](OC(=O)COCC)[C@H]1[C@@]4(C)CCC(=O)C(C)(C)[C@@H]4CC[C@@]13C)O2)[C@@H](OC(=O)COCC)C(C)(C)O. The van der Waals surface area contributed by atoms with Gasteiger partial charge in [-0.3, -0.25) is 4.79 Å². The van der Waals surface area contributed by atoms with Crippen LogP contribution < -0.4 is 0 Å². The van der Waals surface area contributed by atoms with Crippen LogP contribution in [0.5, 0.6) is 0 Å². The number of carbonyl (C=O) groups excluding carboxylic acids is 4. The fourth-order valence-electron chi connectivity index (χ4n) is 12.5. The summed E-state index contributed by atoms with van der Waals surface area (Å²) >= 11 is 0. The molecule has 4 saturated carbocycles. The van der Waals surface area contributed by atoms with Crippen molar-refractivity contribution >= 4 is 23.7 Å². The Hall–Kier alpha value is -2.12. The van der Waals surface area contributed by atoms with Crippen LogP contribution in [0.1, 0.15) is 128 Å². The lowest BCUT2D eigenvalue weighted by Gasteiger charge is -2.69. The van der Waals surface area contributed by atoms with Crippen LogP contribution in [0.4, 0.5) is 0 Å². The molecule has 12 nitrogen and oxygen atoms in total. The Kier molecular flexibility index (Phi) is 12.2. The van der Waals surface area contributed by atoms with Gasteiger partial charge in [-0.1, -0.05) is 41.5 Å². The van der Waals surface area contributed by atoms with Gasteiger partial charge in [0.05, 0.1) is 5.60 Å². The van der Waals surface area contributed by atoms with E-state index in [0.29, 0.717) is 38.4 Å². The molecule has 0 unspecified atom stereocenters. The number of rotatable bonds is 17. The van der Waals surface area contributed by atoms with Crippen LogP contribution in [0.25, 0.3) is 0 Å². The van der Waals surface area contributed by atoms with Crippen molar-refractivity contribution in [2.45, 2.75) is 163 Å². The summed E-state index contributed by atoms with van der Waals surface area (Å²) in [6, 6.07) is 0. The van der Waals surface area contributed by atoms with Gasteiger partial charge in [-0.05, 0) is 95.8 Å². The van der Waals surface area contributed by atoms with Crippen LogP contribution in [0.3, 0.4) is 0 Å². The molecule has 5 aliphatic rings. The van der Waals surface area contributed by atoms with E-state index in [1.807, 2.05) is 6.92 Å². The summed E-state index contributed by atoms with van der Waals surface area (Å²) < 4.78 is 41.7. The van der Waals surface area contributed by atoms with Gasteiger partial charge < -0.3 is 38.3 Å². The van der Waals surface area contributed by atoms with Crippen molar-refractivity contribution in [1.82, 2.24) is 0 Å². The number of hydrogen-bond donors (Lipinski definition) is 1. The van der Waals surface area contributed by atoms with Crippen molar-refractivity contribution < 1.29 is 57.4 Å². The zero-order chi connectivity index (χ0) is 40.1. The third-order valence-corrected chi connectivity index (χ3v) is 15.1.